The molecule has 0 aliphatic heterocycles. The van der Waals surface area contributed by atoms with Crippen molar-refractivity contribution in [3.8, 4) is 0 Å². The van der Waals surface area contributed by atoms with Gasteiger partial charge in [0.25, 0.3) is 0 Å². The largest absolute Gasteiger partial charge is 0.389 e. The number of aromatic nitrogens is 3. The van der Waals surface area contributed by atoms with Crippen LogP contribution in [0.15, 0.2) is 6.33 Å². The van der Waals surface area contributed by atoms with Crippen molar-refractivity contribution in [2.24, 2.45) is 7.05 Å². The highest BCUT2D eigenvalue weighted by Crippen LogP contribution is 2.04. The fraction of sp³-hybridized carbons (Fsp3) is 0.867. The first-order valence-corrected chi connectivity index (χ1v) is 8.03. The van der Waals surface area contributed by atoms with Gasteiger partial charge in [0.1, 0.15) is 6.33 Å². The molecule has 0 aliphatic carbocycles. The molecule has 0 radical (unpaired) electrons. The highest BCUT2D eigenvalue weighted by atomic mass is 16.5. The van der Waals surface area contributed by atoms with Crippen LogP contribution in [-0.4, -0.2) is 45.7 Å². The molecular weight excluding hydrogens is 268 g/mol. The molecule has 0 fully saturated rings. The van der Waals surface area contributed by atoms with Crippen LogP contribution in [0.3, 0.4) is 0 Å². The Bertz CT molecular complexity index is 357. The Morgan fingerprint density at radius 1 is 1.29 bits per heavy atom. The van der Waals surface area contributed by atoms with E-state index in [4.69, 9.17) is 4.74 Å². The smallest absolute Gasteiger partial charge is 0.164 e. The van der Waals surface area contributed by atoms with Crippen molar-refractivity contribution in [3.05, 3.63) is 12.2 Å². The first-order chi connectivity index (χ1) is 10.2. The number of aliphatic hydroxyl groups excluding tert-OH is 1. The normalized spacial score (nSPS) is 12.7. The SMILES string of the molecule is CCCCCCCCOCC(O)CNCc1ncn(C)n1. The molecule has 6 heteroatoms. The molecule has 2 N–H and O–H groups in total. The second-order valence-corrected chi connectivity index (χ2v) is 5.46. The van der Waals surface area contributed by atoms with E-state index in [1.165, 1.54) is 32.1 Å². The van der Waals surface area contributed by atoms with Gasteiger partial charge in [0.05, 0.1) is 19.3 Å². The van der Waals surface area contributed by atoms with Crippen molar-refractivity contribution >= 4 is 0 Å². The van der Waals surface area contributed by atoms with E-state index in [2.05, 4.69) is 22.3 Å². The number of aryl methyl sites for hydroxylation is 1. The summed E-state index contributed by atoms with van der Waals surface area (Å²) in [6.07, 6.45) is 8.72. The van der Waals surface area contributed by atoms with Crippen LogP contribution in [0.25, 0.3) is 0 Å². The van der Waals surface area contributed by atoms with Gasteiger partial charge < -0.3 is 15.2 Å². The number of nitrogens with one attached hydrogen (secondary N) is 1. The second-order valence-electron chi connectivity index (χ2n) is 5.46. The summed E-state index contributed by atoms with van der Waals surface area (Å²) in [7, 11) is 1.83. The predicted molar refractivity (Wildman–Crippen MR) is 82.9 cm³/mol. The first kappa shape index (κ1) is 18.1. The number of aliphatic hydroxyl groups is 1. The maximum Gasteiger partial charge on any atom is 0.164 e. The predicted octanol–water partition coefficient (Wildman–Crippen LogP) is 1.64. The summed E-state index contributed by atoms with van der Waals surface area (Å²) in [4.78, 5) is 4.11. The fourth-order valence-electron chi connectivity index (χ4n) is 2.08. The van der Waals surface area contributed by atoms with Crippen molar-refractivity contribution in [3.63, 3.8) is 0 Å². The lowest BCUT2D eigenvalue weighted by atomic mass is 10.1. The van der Waals surface area contributed by atoms with Crippen LogP contribution in [-0.2, 0) is 18.3 Å². The van der Waals surface area contributed by atoms with Crippen LogP contribution in [0, 0.1) is 0 Å². The third kappa shape index (κ3) is 9.55. The van der Waals surface area contributed by atoms with Crippen LogP contribution < -0.4 is 5.32 Å². The van der Waals surface area contributed by atoms with Gasteiger partial charge >= 0.3 is 0 Å². The van der Waals surface area contributed by atoms with Gasteiger partial charge in [-0.3, -0.25) is 4.68 Å². The summed E-state index contributed by atoms with van der Waals surface area (Å²) in [6.45, 7) is 4.41. The zero-order valence-electron chi connectivity index (χ0n) is 13.4. The van der Waals surface area contributed by atoms with Gasteiger partial charge in [0, 0.05) is 20.2 Å². The highest BCUT2D eigenvalue weighted by Gasteiger charge is 2.05. The molecule has 0 saturated carbocycles. The van der Waals surface area contributed by atoms with Crippen molar-refractivity contribution in [2.75, 3.05) is 19.8 Å². The van der Waals surface area contributed by atoms with Crippen LogP contribution in [0.5, 0.6) is 0 Å². The van der Waals surface area contributed by atoms with E-state index in [0.717, 1.165) is 18.9 Å². The molecule has 0 bridgehead atoms. The van der Waals surface area contributed by atoms with E-state index in [-0.39, 0.29) is 0 Å². The van der Waals surface area contributed by atoms with Crippen molar-refractivity contribution in [1.29, 1.82) is 0 Å². The van der Waals surface area contributed by atoms with Crippen molar-refractivity contribution in [1.82, 2.24) is 20.1 Å². The Hall–Kier alpha value is -0.980. The average Bonchev–Trinajstić information content (AvgIpc) is 2.87. The zero-order chi connectivity index (χ0) is 15.3. The highest BCUT2D eigenvalue weighted by molar-refractivity contribution is 4.80. The molecule has 0 saturated heterocycles. The number of hydrogen-bond donors (Lipinski definition) is 2. The first-order valence-electron chi connectivity index (χ1n) is 8.03. The summed E-state index contributed by atoms with van der Waals surface area (Å²) in [5, 5.41) is 17.0. The molecule has 1 unspecified atom stereocenters. The topological polar surface area (TPSA) is 72.2 Å². The third-order valence-corrected chi connectivity index (χ3v) is 3.26. The molecule has 0 aliphatic rings. The minimum absolute atomic E-state index is 0.387. The number of hydrogen-bond acceptors (Lipinski definition) is 5. The van der Waals surface area contributed by atoms with Gasteiger partial charge in [-0.1, -0.05) is 39.0 Å². The van der Waals surface area contributed by atoms with E-state index in [0.29, 0.717) is 19.7 Å². The average molecular weight is 298 g/mol. The van der Waals surface area contributed by atoms with E-state index in [1.54, 1.807) is 11.0 Å². The quantitative estimate of drug-likeness (QED) is 0.542. The maximum absolute atomic E-state index is 9.77. The number of rotatable bonds is 13. The van der Waals surface area contributed by atoms with Gasteiger partial charge in [-0.15, -0.1) is 0 Å². The molecule has 6 nitrogen and oxygen atoms in total. The Labute approximate surface area is 127 Å². The van der Waals surface area contributed by atoms with Crippen molar-refractivity contribution < 1.29 is 9.84 Å². The Balaban J connectivity index is 1.88. The van der Waals surface area contributed by atoms with Gasteiger partial charge in [0.15, 0.2) is 5.82 Å². The third-order valence-electron chi connectivity index (χ3n) is 3.26. The van der Waals surface area contributed by atoms with Crippen LogP contribution >= 0.6 is 0 Å². The molecule has 1 rings (SSSR count). The zero-order valence-corrected chi connectivity index (χ0v) is 13.4. The Kier molecular flexibility index (Phi) is 10.0. The molecular formula is C15H30N4O2. The van der Waals surface area contributed by atoms with Gasteiger partial charge in [-0.05, 0) is 6.42 Å². The molecule has 0 spiro atoms. The standard InChI is InChI=1S/C15H30N4O2/c1-3-4-5-6-7-8-9-21-12-14(20)10-16-11-15-17-13-19(2)18-15/h13-14,16,20H,3-12H2,1-2H3. The molecule has 0 amide bonds. The molecule has 1 aromatic heterocycles. The molecule has 1 aromatic rings. The van der Waals surface area contributed by atoms with Crippen molar-refractivity contribution in [2.45, 2.75) is 58.1 Å². The summed E-state index contributed by atoms with van der Waals surface area (Å²) in [6, 6.07) is 0. The lowest BCUT2D eigenvalue weighted by Gasteiger charge is -2.11. The van der Waals surface area contributed by atoms with Gasteiger partial charge in [0.2, 0.25) is 0 Å². The van der Waals surface area contributed by atoms with Gasteiger partial charge in [-0.25, -0.2) is 4.98 Å². The van der Waals surface area contributed by atoms with E-state index in [9.17, 15) is 5.11 Å². The van der Waals surface area contributed by atoms with Crippen LogP contribution in [0.1, 0.15) is 51.3 Å². The van der Waals surface area contributed by atoms with E-state index >= 15 is 0 Å². The summed E-state index contributed by atoms with van der Waals surface area (Å²) >= 11 is 0. The van der Waals surface area contributed by atoms with E-state index in [1.807, 2.05) is 7.05 Å². The summed E-state index contributed by atoms with van der Waals surface area (Å²) in [5.74, 6) is 0.734. The molecule has 21 heavy (non-hydrogen) atoms. The Morgan fingerprint density at radius 2 is 2.05 bits per heavy atom. The number of ether oxygens (including phenoxy) is 1. The molecule has 1 atom stereocenters. The minimum Gasteiger partial charge on any atom is -0.389 e. The van der Waals surface area contributed by atoms with Crippen LogP contribution in [0.2, 0.25) is 0 Å². The summed E-state index contributed by atoms with van der Waals surface area (Å²) in [5.41, 5.74) is 0. The monoisotopic (exact) mass is 298 g/mol. The Morgan fingerprint density at radius 3 is 2.76 bits per heavy atom. The lowest BCUT2D eigenvalue weighted by Crippen LogP contribution is -2.30. The molecule has 0 aromatic carbocycles. The maximum atomic E-state index is 9.77. The van der Waals surface area contributed by atoms with Gasteiger partial charge in [-0.2, -0.15) is 5.10 Å². The fourth-order valence-corrected chi connectivity index (χ4v) is 2.08. The number of nitrogens with zero attached hydrogens (tertiary/aromatic N) is 3. The van der Waals surface area contributed by atoms with Crippen LogP contribution in [0.4, 0.5) is 0 Å². The summed E-state index contributed by atoms with van der Waals surface area (Å²) < 4.78 is 7.15. The lowest BCUT2D eigenvalue weighted by molar-refractivity contribution is 0.0352. The molecule has 122 valence electrons. The second kappa shape index (κ2) is 11.7. The van der Waals surface area contributed by atoms with E-state index < -0.39 is 6.10 Å². The number of unbranched alkanes of at least 4 members (excludes halogenated alkanes) is 5. The minimum atomic E-state index is -0.478. The molecule has 1 heterocycles.